The van der Waals surface area contributed by atoms with Crippen molar-refractivity contribution in [3.8, 4) is 33.1 Å². The number of benzene rings is 2. The van der Waals surface area contributed by atoms with Crippen LogP contribution in [-0.4, -0.2) is 4.92 Å². The third kappa shape index (κ3) is 6.66. The zero-order valence-corrected chi connectivity index (χ0v) is 17.2. The van der Waals surface area contributed by atoms with Crippen LogP contribution in [0.1, 0.15) is 0 Å². The first kappa shape index (κ1) is 22.5. The van der Waals surface area contributed by atoms with Crippen molar-refractivity contribution in [2.24, 2.45) is 0 Å². The smallest absolute Gasteiger partial charge is 0.258 e. The van der Waals surface area contributed by atoms with Gasteiger partial charge in [-0.2, -0.15) is 0 Å². The van der Waals surface area contributed by atoms with Gasteiger partial charge in [-0.05, 0) is 30.3 Å². The summed E-state index contributed by atoms with van der Waals surface area (Å²) in [4.78, 5) is 11.5. The van der Waals surface area contributed by atoms with Gasteiger partial charge in [-0.15, -0.1) is 10.2 Å². The van der Waals surface area contributed by atoms with Gasteiger partial charge in [0, 0.05) is 16.5 Å². The van der Waals surface area contributed by atoms with Crippen molar-refractivity contribution in [3.63, 3.8) is 0 Å². The zero-order chi connectivity index (χ0) is 22.4. The molecule has 2 heterocycles. The van der Waals surface area contributed by atoms with E-state index in [1.807, 2.05) is 72.8 Å². The van der Waals surface area contributed by atoms with Crippen LogP contribution < -0.4 is 18.6 Å². The SMILES string of the molecule is O=[N+]([O-])c1ccc(-c2cc(-c3ccccc3)[o+]c(-c3ccccc3)c2)s1.[O-][Cl+3]([O-])([O-])[O-]. The molecule has 0 aliphatic heterocycles. The van der Waals surface area contributed by atoms with Crippen molar-refractivity contribution in [2.75, 3.05) is 0 Å². The van der Waals surface area contributed by atoms with Gasteiger partial charge in [-0.25, -0.2) is 23.1 Å². The Bertz CT molecular complexity index is 1100. The molecule has 0 amide bonds. The summed E-state index contributed by atoms with van der Waals surface area (Å²) in [6, 6.07) is 26.8. The van der Waals surface area contributed by atoms with Crippen LogP contribution in [0.5, 0.6) is 0 Å². The molecule has 4 rings (SSSR count). The highest BCUT2D eigenvalue weighted by Crippen LogP contribution is 2.37. The zero-order valence-electron chi connectivity index (χ0n) is 15.7. The Morgan fingerprint density at radius 3 is 1.55 bits per heavy atom. The van der Waals surface area contributed by atoms with Crippen molar-refractivity contribution in [1.82, 2.24) is 0 Å². The molecule has 0 fully saturated rings. The molecule has 0 N–H and O–H groups in total. The highest BCUT2D eigenvalue weighted by atomic mass is 35.7. The van der Waals surface area contributed by atoms with Crippen LogP contribution in [0.25, 0.3) is 33.1 Å². The fourth-order valence-corrected chi connectivity index (χ4v) is 3.52. The van der Waals surface area contributed by atoms with Gasteiger partial charge in [-0.3, -0.25) is 10.1 Å². The summed E-state index contributed by atoms with van der Waals surface area (Å²) in [6.45, 7) is 0. The van der Waals surface area contributed by atoms with E-state index in [2.05, 4.69) is 0 Å². The minimum Gasteiger partial charge on any atom is -0.258 e. The van der Waals surface area contributed by atoms with Crippen molar-refractivity contribution in [1.29, 1.82) is 0 Å². The van der Waals surface area contributed by atoms with Gasteiger partial charge in [-0.1, -0.05) is 47.7 Å². The average Bonchev–Trinajstić information content (AvgIpc) is 3.24. The van der Waals surface area contributed by atoms with Crippen LogP contribution in [0.15, 0.2) is 89.3 Å². The number of halogens is 1. The van der Waals surface area contributed by atoms with Gasteiger partial charge in [0.2, 0.25) is 0 Å². The quantitative estimate of drug-likeness (QED) is 0.256. The van der Waals surface area contributed by atoms with Crippen molar-refractivity contribution >= 4 is 16.3 Å². The highest BCUT2D eigenvalue weighted by molar-refractivity contribution is 7.18. The van der Waals surface area contributed by atoms with Gasteiger partial charge in [0.15, 0.2) is 0 Å². The maximum Gasteiger partial charge on any atom is 0.361 e. The number of thiophene rings is 1. The Hall–Kier alpha value is -3.18. The molecule has 10 heteroatoms. The summed E-state index contributed by atoms with van der Waals surface area (Å²) >= 11 is 1.16. The highest BCUT2D eigenvalue weighted by Gasteiger charge is 2.22. The molecule has 0 saturated carbocycles. The lowest BCUT2D eigenvalue weighted by Gasteiger charge is -2.17. The summed E-state index contributed by atoms with van der Waals surface area (Å²) in [7, 11) is -4.94. The van der Waals surface area contributed by atoms with E-state index in [1.54, 1.807) is 6.07 Å². The Kier molecular flexibility index (Phi) is 7.08. The van der Waals surface area contributed by atoms with Crippen LogP contribution in [0.4, 0.5) is 5.00 Å². The first-order chi connectivity index (χ1) is 14.7. The predicted octanol–water partition coefficient (Wildman–Crippen LogP) is 1.78. The molecule has 0 bridgehead atoms. The molecule has 2 aromatic heterocycles. The van der Waals surface area contributed by atoms with Crippen LogP contribution in [0.3, 0.4) is 0 Å². The second-order valence-corrected chi connectivity index (χ2v) is 7.90. The second kappa shape index (κ2) is 9.75. The van der Waals surface area contributed by atoms with Gasteiger partial charge < -0.3 is 0 Å². The maximum atomic E-state index is 11.0. The van der Waals surface area contributed by atoms with Crippen LogP contribution in [-0.2, 0) is 0 Å². The normalized spacial score (nSPS) is 10.8. The molecule has 0 radical (unpaired) electrons. The minimum absolute atomic E-state index is 0.128. The molecule has 4 aromatic rings. The first-order valence-electron chi connectivity index (χ1n) is 8.66. The molecule has 158 valence electrons. The average molecular weight is 460 g/mol. The fraction of sp³-hybridized carbons (Fsp3) is 0. The topological polar surface area (TPSA) is 147 Å². The van der Waals surface area contributed by atoms with Crippen molar-refractivity contribution in [3.05, 3.63) is 95.0 Å². The third-order valence-electron chi connectivity index (χ3n) is 3.97. The number of nitrogens with zero attached hydrogens (tertiary/aromatic N) is 1. The Labute approximate surface area is 182 Å². The molecule has 0 atom stereocenters. The molecule has 0 saturated heterocycles. The molecule has 2 aromatic carbocycles. The van der Waals surface area contributed by atoms with Crippen molar-refractivity contribution < 1.29 is 38.2 Å². The van der Waals surface area contributed by atoms with E-state index in [1.165, 1.54) is 6.07 Å². The van der Waals surface area contributed by atoms with Crippen LogP contribution >= 0.6 is 11.3 Å². The van der Waals surface area contributed by atoms with E-state index in [0.29, 0.717) is 0 Å². The number of nitro groups is 1. The molecule has 8 nitrogen and oxygen atoms in total. The first-order valence-corrected chi connectivity index (χ1v) is 10.7. The molecular weight excluding hydrogens is 446 g/mol. The molecule has 31 heavy (non-hydrogen) atoms. The molecular formula is C21H14ClNO7S. The standard InChI is InChI=1S/C21H14NO3S.ClHO4/c23-22(24)21-12-11-20(26-21)17-13-18(15-7-3-1-4-8-15)25-19(14-17)16-9-5-2-6-10-16;2-1(3,4)5/h1-14H;(H,2,3,4,5)/q+1;/p-1. The number of hydrogen-bond donors (Lipinski definition) is 0. The Morgan fingerprint density at radius 2 is 1.16 bits per heavy atom. The van der Waals surface area contributed by atoms with Gasteiger partial charge in [0.25, 0.3) is 0 Å². The van der Waals surface area contributed by atoms with E-state index in [9.17, 15) is 10.1 Å². The molecule has 0 aliphatic rings. The third-order valence-corrected chi connectivity index (χ3v) is 5.05. The van der Waals surface area contributed by atoms with E-state index in [4.69, 9.17) is 23.1 Å². The summed E-state index contributed by atoms with van der Waals surface area (Å²) in [5, 5.41) is 11.1. The van der Waals surface area contributed by atoms with E-state index in [0.717, 1.165) is 44.4 Å². The lowest BCUT2D eigenvalue weighted by atomic mass is 10.1. The van der Waals surface area contributed by atoms with Crippen LogP contribution in [0, 0.1) is 20.4 Å². The molecule has 0 aliphatic carbocycles. The number of hydrogen-bond acceptors (Lipinski definition) is 7. The van der Waals surface area contributed by atoms with E-state index in [-0.39, 0.29) is 9.92 Å². The number of rotatable bonds is 4. The fourth-order valence-electron chi connectivity index (χ4n) is 2.71. The lowest BCUT2D eigenvalue weighted by molar-refractivity contribution is -2.00. The van der Waals surface area contributed by atoms with Gasteiger partial charge in [0.1, 0.15) is 0 Å². The molecule has 0 spiro atoms. The Balaban J connectivity index is 0.000000491. The van der Waals surface area contributed by atoms with Gasteiger partial charge in [0.05, 0.1) is 28.2 Å². The van der Waals surface area contributed by atoms with Crippen molar-refractivity contribution in [2.45, 2.75) is 0 Å². The summed E-state index contributed by atoms with van der Waals surface area (Å²) in [5.41, 5.74) is 2.81. The summed E-state index contributed by atoms with van der Waals surface area (Å²) in [5.74, 6) is 1.44. The second-order valence-electron chi connectivity index (χ2n) is 6.08. The minimum atomic E-state index is -4.94. The summed E-state index contributed by atoms with van der Waals surface area (Å²) in [6.07, 6.45) is 0. The maximum absolute atomic E-state index is 11.0. The molecule has 0 unspecified atom stereocenters. The monoisotopic (exact) mass is 459 g/mol. The lowest BCUT2D eigenvalue weighted by Crippen LogP contribution is -2.68. The van der Waals surface area contributed by atoms with Crippen LogP contribution in [0.2, 0.25) is 0 Å². The van der Waals surface area contributed by atoms with E-state index < -0.39 is 10.2 Å². The largest absolute Gasteiger partial charge is 0.361 e. The summed E-state index contributed by atoms with van der Waals surface area (Å²) < 4.78 is 40.1. The van der Waals surface area contributed by atoms with E-state index >= 15 is 0 Å². The predicted molar refractivity (Wildman–Crippen MR) is 104 cm³/mol. The van der Waals surface area contributed by atoms with Gasteiger partial charge >= 0.3 is 16.5 Å². The Morgan fingerprint density at radius 1 is 0.710 bits per heavy atom.